The van der Waals surface area contributed by atoms with Crippen LogP contribution >= 0.6 is 0 Å². The van der Waals surface area contributed by atoms with Crippen molar-refractivity contribution in [2.75, 3.05) is 16.3 Å². The second kappa shape index (κ2) is 6.03. The van der Waals surface area contributed by atoms with Gasteiger partial charge in [0.25, 0.3) is 0 Å². The van der Waals surface area contributed by atoms with Crippen LogP contribution in [0.4, 0.5) is 11.4 Å². The Hall–Kier alpha value is -3.07. The van der Waals surface area contributed by atoms with E-state index in [1.165, 1.54) is 0 Å². The number of amides is 1. The Balaban J connectivity index is 1.70. The summed E-state index contributed by atoms with van der Waals surface area (Å²) in [6.07, 6.45) is 2.96. The van der Waals surface area contributed by atoms with Gasteiger partial charge in [-0.25, -0.2) is 8.42 Å². The first-order valence-corrected chi connectivity index (χ1v) is 9.79. The number of aromatic nitrogens is 2. The molecule has 0 aliphatic carbocycles. The van der Waals surface area contributed by atoms with Crippen LogP contribution in [0.1, 0.15) is 23.7 Å². The average Bonchev–Trinajstić information content (AvgIpc) is 3.23. The number of carbonyl (C=O) groups excluding carboxylic acids is 1. The molecule has 1 atom stereocenters. The number of fused-ring (bicyclic) bond motifs is 1. The molecule has 0 fully saturated rings. The maximum absolute atomic E-state index is 12.1. The lowest BCUT2D eigenvalue weighted by Crippen LogP contribution is -2.23. The van der Waals surface area contributed by atoms with Crippen molar-refractivity contribution >= 4 is 27.3 Å². The van der Waals surface area contributed by atoms with Crippen LogP contribution in [-0.4, -0.2) is 30.8 Å². The van der Waals surface area contributed by atoms with Crippen molar-refractivity contribution in [3.8, 4) is 11.5 Å². The monoisotopic (exact) mass is 372 g/mol. The zero-order valence-corrected chi connectivity index (χ0v) is 14.6. The van der Waals surface area contributed by atoms with E-state index in [0.29, 0.717) is 22.9 Å². The minimum atomic E-state index is -3.40. The molecular weight excluding hydrogens is 356 g/mol. The predicted octanol–water partition coefficient (Wildman–Crippen LogP) is 2.52. The molecule has 0 spiro atoms. The number of rotatable bonds is 4. The van der Waals surface area contributed by atoms with Gasteiger partial charge in [0, 0.05) is 18.3 Å². The lowest BCUT2D eigenvalue weighted by molar-refractivity contribution is -0.116. The zero-order valence-electron chi connectivity index (χ0n) is 13.8. The molecule has 0 radical (unpaired) electrons. The summed E-state index contributed by atoms with van der Waals surface area (Å²) in [5, 5.41) is 9.53. The van der Waals surface area contributed by atoms with E-state index in [4.69, 9.17) is 4.42 Å². The van der Waals surface area contributed by atoms with Gasteiger partial charge in [0.15, 0.2) is 5.76 Å². The molecule has 8 nitrogen and oxygen atoms in total. The van der Waals surface area contributed by atoms with Gasteiger partial charge in [0.2, 0.25) is 15.9 Å². The van der Waals surface area contributed by atoms with Crippen LogP contribution in [0, 0.1) is 0 Å². The summed E-state index contributed by atoms with van der Waals surface area (Å²) >= 11 is 0. The maximum Gasteiger partial charge on any atom is 0.229 e. The van der Waals surface area contributed by atoms with E-state index in [1.54, 1.807) is 30.5 Å². The van der Waals surface area contributed by atoms with E-state index in [9.17, 15) is 13.2 Å². The van der Waals surface area contributed by atoms with Crippen molar-refractivity contribution in [1.82, 2.24) is 10.2 Å². The molecule has 134 valence electrons. The van der Waals surface area contributed by atoms with Crippen LogP contribution in [0.5, 0.6) is 0 Å². The molecule has 1 amide bonds. The van der Waals surface area contributed by atoms with Gasteiger partial charge in [-0.05, 0) is 35.9 Å². The number of furan rings is 1. The Morgan fingerprint density at radius 1 is 1.23 bits per heavy atom. The third kappa shape index (κ3) is 3.21. The molecule has 3 N–H and O–H groups in total. The topological polar surface area (TPSA) is 117 Å². The summed E-state index contributed by atoms with van der Waals surface area (Å²) < 4.78 is 31.2. The number of H-pyrrole nitrogens is 1. The van der Waals surface area contributed by atoms with Crippen LogP contribution in [0.25, 0.3) is 11.5 Å². The molecule has 0 saturated heterocycles. The first-order chi connectivity index (χ1) is 12.4. The van der Waals surface area contributed by atoms with Crippen molar-refractivity contribution < 1.29 is 17.6 Å². The number of sulfonamides is 1. The van der Waals surface area contributed by atoms with Gasteiger partial charge >= 0.3 is 0 Å². The Kier molecular flexibility index (Phi) is 3.80. The second-order valence-corrected chi connectivity index (χ2v) is 7.90. The van der Waals surface area contributed by atoms with E-state index < -0.39 is 10.0 Å². The minimum absolute atomic E-state index is 0.154. The summed E-state index contributed by atoms with van der Waals surface area (Å²) in [6.45, 7) is 0. The van der Waals surface area contributed by atoms with Crippen LogP contribution in [0.15, 0.2) is 47.0 Å². The molecule has 3 heterocycles. The average molecular weight is 372 g/mol. The van der Waals surface area contributed by atoms with Gasteiger partial charge in [0.1, 0.15) is 11.5 Å². The van der Waals surface area contributed by atoms with Crippen LogP contribution in [0.3, 0.4) is 0 Å². The molecule has 3 aromatic rings. The van der Waals surface area contributed by atoms with Crippen LogP contribution in [-0.2, 0) is 14.8 Å². The molecule has 1 aliphatic heterocycles. The number of benzene rings is 1. The molecule has 0 saturated carbocycles. The van der Waals surface area contributed by atoms with Gasteiger partial charge in [0.05, 0.1) is 17.9 Å². The lowest BCUT2D eigenvalue weighted by atomic mass is 9.88. The molecule has 1 aromatic carbocycles. The van der Waals surface area contributed by atoms with Crippen molar-refractivity contribution in [2.45, 2.75) is 12.3 Å². The fourth-order valence-electron chi connectivity index (χ4n) is 3.07. The molecular formula is C17H16N4O4S. The predicted molar refractivity (Wildman–Crippen MR) is 96.3 cm³/mol. The summed E-state index contributed by atoms with van der Waals surface area (Å²) in [6, 6.07) is 10.5. The number of hydrogen-bond acceptors (Lipinski definition) is 5. The molecule has 0 bridgehead atoms. The van der Waals surface area contributed by atoms with Crippen molar-refractivity contribution in [3.05, 3.63) is 53.9 Å². The third-order valence-corrected chi connectivity index (χ3v) is 4.74. The van der Waals surface area contributed by atoms with Gasteiger partial charge in [-0.15, -0.1) is 0 Å². The van der Waals surface area contributed by atoms with E-state index in [1.807, 2.05) is 12.1 Å². The Bertz CT molecular complexity index is 1070. The highest BCUT2D eigenvalue weighted by atomic mass is 32.2. The number of aromatic amines is 1. The van der Waals surface area contributed by atoms with E-state index in [0.717, 1.165) is 17.5 Å². The Morgan fingerprint density at radius 3 is 2.81 bits per heavy atom. The number of anilines is 2. The first-order valence-electron chi connectivity index (χ1n) is 7.90. The number of hydrogen-bond donors (Lipinski definition) is 3. The first kappa shape index (κ1) is 16.4. The highest BCUT2D eigenvalue weighted by molar-refractivity contribution is 7.92. The fraction of sp³-hybridized carbons (Fsp3) is 0.176. The summed E-state index contributed by atoms with van der Waals surface area (Å²) in [4.78, 5) is 12.1. The SMILES string of the molecule is CS(=O)(=O)Nc1ccc2c(c1)NC(=O)C[C@H]2c1ccc(-c2ccn[nH]2)o1. The smallest absolute Gasteiger partial charge is 0.229 e. The summed E-state index contributed by atoms with van der Waals surface area (Å²) in [5.41, 5.74) is 2.59. The van der Waals surface area contributed by atoms with Crippen LogP contribution < -0.4 is 10.0 Å². The minimum Gasteiger partial charge on any atom is -0.459 e. The number of carbonyl (C=O) groups is 1. The second-order valence-electron chi connectivity index (χ2n) is 6.15. The largest absolute Gasteiger partial charge is 0.459 e. The molecule has 9 heteroatoms. The number of nitrogens with one attached hydrogen (secondary N) is 3. The normalized spacial score (nSPS) is 16.8. The van der Waals surface area contributed by atoms with E-state index in [-0.39, 0.29) is 18.2 Å². The molecule has 1 aliphatic rings. The van der Waals surface area contributed by atoms with Gasteiger partial charge < -0.3 is 9.73 Å². The highest BCUT2D eigenvalue weighted by Crippen LogP contribution is 2.40. The lowest BCUT2D eigenvalue weighted by Gasteiger charge is -2.25. The van der Waals surface area contributed by atoms with Crippen molar-refractivity contribution in [1.29, 1.82) is 0 Å². The van der Waals surface area contributed by atoms with Gasteiger partial charge in [-0.2, -0.15) is 5.10 Å². The number of nitrogens with zero attached hydrogens (tertiary/aromatic N) is 1. The molecule has 4 rings (SSSR count). The fourth-order valence-corrected chi connectivity index (χ4v) is 3.63. The van der Waals surface area contributed by atoms with Gasteiger partial charge in [-0.3, -0.25) is 14.6 Å². The molecule has 26 heavy (non-hydrogen) atoms. The van der Waals surface area contributed by atoms with E-state index >= 15 is 0 Å². The molecule has 0 unspecified atom stereocenters. The van der Waals surface area contributed by atoms with Crippen molar-refractivity contribution in [2.24, 2.45) is 0 Å². The quantitative estimate of drug-likeness (QED) is 0.650. The Labute approximate surface area is 149 Å². The highest BCUT2D eigenvalue weighted by Gasteiger charge is 2.29. The van der Waals surface area contributed by atoms with Gasteiger partial charge in [-0.1, -0.05) is 6.07 Å². The maximum atomic E-state index is 12.1. The molecule has 2 aromatic heterocycles. The van der Waals surface area contributed by atoms with Crippen LogP contribution in [0.2, 0.25) is 0 Å². The summed E-state index contributed by atoms with van der Waals surface area (Å²) in [5.74, 6) is 0.899. The van der Waals surface area contributed by atoms with E-state index in [2.05, 4.69) is 20.2 Å². The summed E-state index contributed by atoms with van der Waals surface area (Å²) in [7, 11) is -3.40. The van der Waals surface area contributed by atoms with Crippen molar-refractivity contribution in [3.63, 3.8) is 0 Å². The zero-order chi connectivity index (χ0) is 18.3. The Morgan fingerprint density at radius 2 is 2.08 bits per heavy atom. The standard InChI is InChI=1S/C17H16N4O4S/c1-26(23,24)21-10-2-3-11-12(9-17(22)19-14(11)8-10)15-4-5-16(25-15)13-6-7-18-20-13/h2-8,12,21H,9H2,1H3,(H,18,20)(H,19,22)/t12-/m1/s1. The third-order valence-electron chi connectivity index (χ3n) is 4.13.